The molecule has 0 atom stereocenters. The first kappa shape index (κ1) is 18.3. The Kier molecular flexibility index (Phi) is 5.38. The van der Waals surface area contributed by atoms with Gasteiger partial charge in [0.1, 0.15) is 5.82 Å². The molecule has 2 aromatic heterocycles. The second-order valence-corrected chi connectivity index (χ2v) is 7.72. The molecule has 0 spiro atoms. The zero-order valence-electron chi connectivity index (χ0n) is 14.9. The molecule has 0 N–H and O–H groups in total. The summed E-state index contributed by atoms with van der Waals surface area (Å²) in [5.74, 6) is 2.32. The lowest BCUT2D eigenvalue weighted by Crippen LogP contribution is -2.47. The fourth-order valence-electron chi connectivity index (χ4n) is 3.07. The highest BCUT2D eigenvalue weighted by atomic mass is 79.9. The van der Waals surface area contributed by atoms with Crippen LogP contribution in [0.15, 0.2) is 41.1 Å². The maximum absolute atomic E-state index is 6.34. The summed E-state index contributed by atoms with van der Waals surface area (Å²) in [5.41, 5.74) is 0.841. The lowest BCUT2D eigenvalue weighted by atomic mass is 10.2. The molecule has 1 aliphatic heterocycles. The summed E-state index contributed by atoms with van der Waals surface area (Å²) in [6, 6.07) is 7.58. The van der Waals surface area contributed by atoms with E-state index in [4.69, 9.17) is 11.6 Å². The summed E-state index contributed by atoms with van der Waals surface area (Å²) in [6.07, 6.45) is 3.56. The summed E-state index contributed by atoms with van der Waals surface area (Å²) in [7, 11) is 0. The van der Waals surface area contributed by atoms with Crippen LogP contribution in [0.4, 0.5) is 5.95 Å². The van der Waals surface area contributed by atoms with E-state index < -0.39 is 0 Å². The van der Waals surface area contributed by atoms with Crippen molar-refractivity contribution in [1.29, 1.82) is 0 Å². The van der Waals surface area contributed by atoms with Gasteiger partial charge < -0.3 is 4.90 Å². The third-order valence-electron chi connectivity index (χ3n) is 4.57. The number of hydrogen-bond acceptors (Lipinski definition) is 6. The zero-order chi connectivity index (χ0) is 18.8. The Balaban J connectivity index is 1.43. The Morgan fingerprint density at radius 2 is 1.85 bits per heavy atom. The SMILES string of the molecule is Cc1nc(-c2ccc(Br)cc2Cl)nn1CN1CCN(c2ncccn2)CC1. The van der Waals surface area contributed by atoms with Crippen LogP contribution in [-0.4, -0.2) is 55.8 Å². The van der Waals surface area contributed by atoms with Crippen molar-refractivity contribution in [2.75, 3.05) is 31.1 Å². The van der Waals surface area contributed by atoms with Gasteiger partial charge in [0.05, 0.1) is 11.7 Å². The molecule has 0 bridgehead atoms. The maximum atomic E-state index is 6.34. The summed E-state index contributed by atoms with van der Waals surface area (Å²) < 4.78 is 2.87. The highest BCUT2D eigenvalue weighted by molar-refractivity contribution is 9.10. The normalized spacial score (nSPS) is 15.3. The number of hydrogen-bond donors (Lipinski definition) is 0. The third kappa shape index (κ3) is 4.12. The molecule has 1 aliphatic rings. The summed E-state index contributed by atoms with van der Waals surface area (Å²) in [4.78, 5) is 17.8. The first-order valence-electron chi connectivity index (χ1n) is 8.71. The van der Waals surface area contributed by atoms with Gasteiger partial charge in [-0.05, 0) is 31.2 Å². The lowest BCUT2D eigenvalue weighted by molar-refractivity contribution is 0.193. The Bertz CT molecular complexity index is 923. The van der Waals surface area contributed by atoms with Crippen molar-refractivity contribution in [3.8, 4) is 11.4 Å². The number of anilines is 1. The monoisotopic (exact) mass is 447 g/mol. The van der Waals surface area contributed by atoms with Crippen molar-refractivity contribution < 1.29 is 0 Å². The van der Waals surface area contributed by atoms with Crippen LogP contribution in [-0.2, 0) is 6.67 Å². The number of halogens is 2. The molecule has 3 heterocycles. The van der Waals surface area contributed by atoms with Crippen molar-refractivity contribution in [1.82, 2.24) is 29.6 Å². The fourth-order valence-corrected chi connectivity index (χ4v) is 3.83. The summed E-state index contributed by atoms with van der Waals surface area (Å²) in [5, 5.41) is 5.30. The maximum Gasteiger partial charge on any atom is 0.225 e. The highest BCUT2D eigenvalue weighted by Gasteiger charge is 2.20. The Morgan fingerprint density at radius 1 is 1.11 bits per heavy atom. The van der Waals surface area contributed by atoms with Crippen LogP contribution in [0.3, 0.4) is 0 Å². The second kappa shape index (κ2) is 7.92. The first-order valence-corrected chi connectivity index (χ1v) is 9.88. The molecule has 3 aromatic rings. The van der Waals surface area contributed by atoms with E-state index in [-0.39, 0.29) is 0 Å². The zero-order valence-corrected chi connectivity index (χ0v) is 17.2. The molecule has 1 aromatic carbocycles. The quantitative estimate of drug-likeness (QED) is 0.610. The number of benzene rings is 1. The Labute approximate surface area is 171 Å². The topological polar surface area (TPSA) is 63.0 Å². The smallest absolute Gasteiger partial charge is 0.225 e. The van der Waals surface area contributed by atoms with Gasteiger partial charge in [-0.1, -0.05) is 27.5 Å². The average Bonchev–Trinajstić information content (AvgIpc) is 3.03. The summed E-state index contributed by atoms with van der Waals surface area (Å²) >= 11 is 9.77. The van der Waals surface area contributed by atoms with Gasteiger partial charge in [-0.15, -0.1) is 5.10 Å². The standard InChI is InChI=1S/C18H19BrClN7/c1-13-23-17(15-4-3-14(19)11-16(15)20)24-27(13)12-25-7-9-26(10-8-25)18-21-5-2-6-22-18/h2-6,11H,7-10,12H2,1H3. The molecular weight excluding hydrogens is 430 g/mol. The number of nitrogens with zero attached hydrogens (tertiary/aromatic N) is 7. The van der Waals surface area contributed by atoms with Gasteiger partial charge in [-0.2, -0.15) is 0 Å². The molecule has 0 saturated carbocycles. The molecule has 4 rings (SSSR count). The molecule has 140 valence electrons. The predicted octanol–water partition coefficient (Wildman–Crippen LogP) is 3.24. The van der Waals surface area contributed by atoms with E-state index in [1.165, 1.54) is 0 Å². The third-order valence-corrected chi connectivity index (χ3v) is 5.38. The van der Waals surface area contributed by atoms with E-state index >= 15 is 0 Å². The molecule has 1 saturated heterocycles. The Morgan fingerprint density at radius 3 is 2.56 bits per heavy atom. The minimum atomic E-state index is 0.637. The van der Waals surface area contributed by atoms with Crippen LogP contribution in [0.25, 0.3) is 11.4 Å². The molecule has 0 aliphatic carbocycles. The van der Waals surface area contributed by atoms with Crippen molar-refractivity contribution in [2.45, 2.75) is 13.6 Å². The van der Waals surface area contributed by atoms with E-state index in [1.807, 2.05) is 35.9 Å². The van der Waals surface area contributed by atoms with Crippen molar-refractivity contribution >= 4 is 33.5 Å². The minimum absolute atomic E-state index is 0.637. The van der Waals surface area contributed by atoms with E-state index in [9.17, 15) is 0 Å². The van der Waals surface area contributed by atoms with E-state index in [1.54, 1.807) is 12.4 Å². The van der Waals surface area contributed by atoms with Crippen LogP contribution in [0.1, 0.15) is 5.82 Å². The molecule has 0 radical (unpaired) electrons. The summed E-state index contributed by atoms with van der Waals surface area (Å²) in [6.45, 7) is 6.30. The first-order chi connectivity index (χ1) is 13.1. The van der Waals surface area contributed by atoms with Crippen LogP contribution >= 0.6 is 27.5 Å². The molecular formula is C18H19BrClN7. The minimum Gasteiger partial charge on any atom is -0.338 e. The molecule has 27 heavy (non-hydrogen) atoms. The van der Waals surface area contributed by atoms with Crippen LogP contribution in [0.2, 0.25) is 5.02 Å². The Hall–Kier alpha value is -2.03. The molecule has 0 amide bonds. The second-order valence-electron chi connectivity index (χ2n) is 6.40. The van der Waals surface area contributed by atoms with Crippen LogP contribution in [0.5, 0.6) is 0 Å². The van der Waals surface area contributed by atoms with Gasteiger partial charge in [-0.25, -0.2) is 19.6 Å². The number of piperazine rings is 1. The van der Waals surface area contributed by atoms with Gasteiger partial charge in [0.15, 0.2) is 5.82 Å². The van der Waals surface area contributed by atoms with Crippen molar-refractivity contribution in [3.63, 3.8) is 0 Å². The number of aromatic nitrogens is 5. The highest BCUT2D eigenvalue weighted by Crippen LogP contribution is 2.28. The largest absolute Gasteiger partial charge is 0.338 e. The lowest BCUT2D eigenvalue weighted by Gasteiger charge is -2.34. The molecule has 7 nitrogen and oxygen atoms in total. The van der Waals surface area contributed by atoms with Gasteiger partial charge in [0, 0.05) is 48.6 Å². The van der Waals surface area contributed by atoms with Gasteiger partial charge in [0.25, 0.3) is 0 Å². The average molecular weight is 449 g/mol. The van der Waals surface area contributed by atoms with E-state index in [0.29, 0.717) is 17.5 Å². The van der Waals surface area contributed by atoms with Gasteiger partial charge >= 0.3 is 0 Å². The number of aryl methyl sites for hydroxylation is 1. The molecule has 1 fully saturated rings. The van der Waals surface area contributed by atoms with Crippen molar-refractivity contribution in [2.24, 2.45) is 0 Å². The fraction of sp³-hybridized carbons (Fsp3) is 0.333. The van der Waals surface area contributed by atoms with E-state index in [0.717, 1.165) is 48.0 Å². The molecule has 9 heteroatoms. The predicted molar refractivity (Wildman–Crippen MR) is 109 cm³/mol. The van der Waals surface area contributed by atoms with Crippen LogP contribution < -0.4 is 4.90 Å². The van der Waals surface area contributed by atoms with E-state index in [2.05, 4.69) is 45.8 Å². The van der Waals surface area contributed by atoms with Crippen LogP contribution in [0, 0.1) is 6.92 Å². The van der Waals surface area contributed by atoms with Gasteiger partial charge in [-0.3, -0.25) is 4.90 Å². The molecule has 0 unspecified atom stereocenters. The number of rotatable bonds is 4. The van der Waals surface area contributed by atoms with Crippen molar-refractivity contribution in [3.05, 3.63) is 52.0 Å². The van der Waals surface area contributed by atoms with Gasteiger partial charge in [0.2, 0.25) is 5.95 Å².